The molecule has 9 nitrogen and oxygen atoms in total. The van der Waals surface area contributed by atoms with Crippen LogP contribution in [0.1, 0.15) is 5.01 Å². The van der Waals surface area contributed by atoms with Gasteiger partial charge in [0.1, 0.15) is 5.01 Å². The van der Waals surface area contributed by atoms with Crippen molar-refractivity contribution >= 4 is 43.4 Å². The summed E-state index contributed by atoms with van der Waals surface area (Å²) in [5.41, 5.74) is 6.00. The second kappa shape index (κ2) is 7.42. The van der Waals surface area contributed by atoms with E-state index >= 15 is 0 Å². The maximum Gasteiger partial charge on any atom is 0.263 e. The highest BCUT2D eigenvalue weighted by Crippen LogP contribution is 2.19. The van der Waals surface area contributed by atoms with Crippen LogP contribution in [0.5, 0.6) is 0 Å². The zero-order valence-electron chi connectivity index (χ0n) is 10.7. The number of hydrogen-bond donors (Lipinski definition) is 3. The van der Waals surface area contributed by atoms with Gasteiger partial charge in [-0.05, 0) is 31.2 Å². The summed E-state index contributed by atoms with van der Waals surface area (Å²) in [7, 11) is -3.61. The number of rotatable bonds is 3. The van der Waals surface area contributed by atoms with Crippen LogP contribution in [0, 0.1) is 6.92 Å². The molecule has 1 heterocycles. The van der Waals surface area contributed by atoms with E-state index in [4.69, 9.17) is 14.5 Å². The molecule has 21 heavy (non-hydrogen) atoms. The van der Waals surface area contributed by atoms with Crippen LogP contribution in [0.25, 0.3) is 0 Å². The molecular formula is C9H12N5O4S3-. The number of nitrogens with zero attached hydrogens (tertiary/aromatic N) is 2. The number of aromatic nitrogens is 2. The average molecular weight is 350 g/mol. The van der Waals surface area contributed by atoms with Gasteiger partial charge in [-0.2, -0.15) is 0 Å². The van der Waals surface area contributed by atoms with Crippen molar-refractivity contribution in [3.63, 3.8) is 0 Å². The normalized spacial score (nSPS) is 12.1. The summed E-state index contributed by atoms with van der Waals surface area (Å²) in [6.45, 7) is 1.75. The van der Waals surface area contributed by atoms with Crippen LogP contribution in [0.2, 0.25) is 0 Å². The maximum atomic E-state index is 11.9. The van der Waals surface area contributed by atoms with Crippen molar-refractivity contribution in [3.05, 3.63) is 29.3 Å². The summed E-state index contributed by atoms with van der Waals surface area (Å²) >= 11 is -1.19. The van der Waals surface area contributed by atoms with Crippen molar-refractivity contribution < 1.29 is 17.2 Å². The molecule has 12 heteroatoms. The molecule has 1 aromatic heterocycles. The zero-order valence-corrected chi connectivity index (χ0v) is 13.2. The van der Waals surface area contributed by atoms with Gasteiger partial charge in [-0.15, -0.1) is 10.2 Å². The van der Waals surface area contributed by atoms with Crippen LogP contribution in [-0.4, -0.2) is 27.4 Å². The Morgan fingerprint density at radius 1 is 1.29 bits per heavy atom. The Morgan fingerprint density at radius 2 is 1.81 bits per heavy atom. The van der Waals surface area contributed by atoms with Gasteiger partial charge in [0, 0.05) is 17.0 Å². The Morgan fingerprint density at radius 3 is 2.24 bits per heavy atom. The predicted molar refractivity (Wildman–Crippen MR) is 79.4 cm³/mol. The number of sulfonamides is 1. The Bertz CT molecular complexity index is 709. The summed E-state index contributed by atoms with van der Waals surface area (Å²) in [5, 5.41) is 12.4. The van der Waals surface area contributed by atoms with Gasteiger partial charge in [0.05, 0.1) is 4.90 Å². The minimum absolute atomic E-state index is 0.138. The van der Waals surface area contributed by atoms with Gasteiger partial charge < -0.3 is 10.3 Å². The van der Waals surface area contributed by atoms with Gasteiger partial charge >= 0.3 is 0 Å². The molecule has 0 amide bonds. The molecule has 0 spiro atoms. The standard InChI is InChI=1S/C9H10N4O2S2.H3NO2S/c1-6-11-12-9(16-6)13-17(14,15)8-4-2-7(10)3-5-8;1-4(2)3/h2-5H,10H2,1H3,(H,12,13);1H2,(H,2,3)/p-1. The van der Waals surface area contributed by atoms with Crippen LogP contribution in [0.4, 0.5) is 10.8 Å². The molecule has 0 saturated carbocycles. The molecule has 116 valence electrons. The molecular weight excluding hydrogens is 338 g/mol. The minimum atomic E-state index is -3.61. The predicted octanol–water partition coefficient (Wildman–Crippen LogP) is -0.0313. The van der Waals surface area contributed by atoms with E-state index in [9.17, 15) is 8.42 Å². The van der Waals surface area contributed by atoms with E-state index in [0.717, 1.165) is 0 Å². The lowest BCUT2D eigenvalue weighted by Gasteiger charge is -2.04. The van der Waals surface area contributed by atoms with E-state index in [-0.39, 0.29) is 10.0 Å². The molecule has 0 aliphatic heterocycles. The summed E-state index contributed by atoms with van der Waals surface area (Å²) in [4.78, 5) is 0.138. The van der Waals surface area contributed by atoms with E-state index in [1.807, 2.05) is 0 Å². The smallest absolute Gasteiger partial charge is 0.263 e. The highest BCUT2D eigenvalue weighted by atomic mass is 32.2. The molecule has 2 aromatic rings. The average Bonchev–Trinajstić information content (AvgIpc) is 2.73. The Kier molecular flexibility index (Phi) is 6.17. The van der Waals surface area contributed by atoms with Crippen molar-refractivity contribution in [2.75, 3.05) is 10.5 Å². The van der Waals surface area contributed by atoms with Crippen LogP contribution >= 0.6 is 11.3 Å². The van der Waals surface area contributed by atoms with Crippen molar-refractivity contribution in [3.8, 4) is 0 Å². The molecule has 5 N–H and O–H groups in total. The van der Waals surface area contributed by atoms with E-state index in [2.05, 4.69) is 20.1 Å². The molecule has 0 aliphatic carbocycles. The monoisotopic (exact) mass is 350 g/mol. The number of nitrogens with one attached hydrogen (secondary N) is 1. The van der Waals surface area contributed by atoms with Crippen LogP contribution < -0.4 is 15.6 Å². The first-order valence-electron chi connectivity index (χ1n) is 5.23. The lowest BCUT2D eigenvalue weighted by Crippen LogP contribution is -2.12. The first-order chi connectivity index (χ1) is 9.70. The van der Waals surface area contributed by atoms with Crippen molar-refractivity contribution in [2.45, 2.75) is 11.8 Å². The van der Waals surface area contributed by atoms with Crippen molar-refractivity contribution in [2.24, 2.45) is 5.14 Å². The first kappa shape index (κ1) is 17.5. The van der Waals surface area contributed by atoms with Gasteiger partial charge in [0.2, 0.25) is 5.13 Å². The second-order valence-corrected chi connectivity index (χ2v) is 6.95. The summed E-state index contributed by atoms with van der Waals surface area (Å²) < 4.78 is 43.7. The quantitative estimate of drug-likeness (QED) is 0.516. The van der Waals surface area contributed by atoms with Crippen LogP contribution in [0.15, 0.2) is 29.2 Å². The molecule has 1 unspecified atom stereocenters. The van der Waals surface area contributed by atoms with Gasteiger partial charge in [0.15, 0.2) is 0 Å². The number of nitrogen functional groups attached to an aromatic ring is 1. The SMILES string of the molecule is Cc1nnc(NS(=O)(=O)c2ccc(N)cc2)s1.NS(=O)[O-]. The molecule has 0 saturated heterocycles. The van der Waals surface area contributed by atoms with Gasteiger partial charge in [-0.3, -0.25) is 14.1 Å². The van der Waals surface area contributed by atoms with Crippen LogP contribution in [0.3, 0.4) is 0 Å². The third-order valence-electron chi connectivity index (χ3n) is 1.94. The largest absolute Gasteiger partial charge is 0.760 e. The Labute approximate surface area is 127 Å². The van der Waals surface area contributed by atoms with Crippen LogP contribution in [-0.2, 0) is 21.3 Å². The highest BCUT2D eigenvalue weighted by molar-refractivity contribution is 7.93. The molecule has 2 rings (SSSR count). The van der Waals surface area contributed by atoms with E-state index in [1.165, 1.54) is 35.6 Å². The minimum Gasteiger partial charge on any atom is -0.760 e. The molecule has 0 bridgehead atoms. The maximum absolute atomic E-state index is 11.9. The Hall–Kier alpha value is -1.60. The van der Waals surface area contributed by atoms with E-state index < -0.39 is 21.3 Å². The highest BCUT2D eigenvalue weighted by Gasteiger charge is 2.15. The number of hydrogen-bond acceptors (Lipinski definition) is 8. The van der Waals surface area contributed by atoms with E-state index in [1.54, 1.807) is 6.92 Å². The second-order valence-electron chi connectivity index (χ2n) is 3.56. The Balaban J connectivity index is 0.000000491. The zero-order chi connectivity index (χ0) is 16.0. The molecule has 0 aliphatic rings. The summed E-state index contributed by atoms with van der Waals surface area (Å²) in [6, 6.07) is 5.93. The first-order valence-corrected chi connectivity index (χ1v) is 8.66. The summed E-state index contributed by atoms with van der Waals surface area (Å²) in [5.74, 6) is 0. The topological polar surface area (TPSA) is 164 Å². The molecule has 0 radical (unpaired) electrons. The summed E-state index contributed by atoms with van der Waals surface area (Å²) in [6.07, 6.45) is 0. The lowest BCUT2D eigenvalue weighted by molar-refractivity contribution is 0.538. The van der Waals surface area contributed by atoms with Crippen molar-refractivity contribution in [1.29, 1.82) is 0 Å². The number of anilines is 2. The fourth-order valence-corrected chi connectivity index (χ4v) is 2.98. The molecule has 1 aromatic carbocycles. The van der Waals surface area contributed by atoms with Crippen molar-refractivity contribution in [1.82, 2.24) is 10.2 Å². The van der Waals surface area contributed by atoms with Gasteiger partial charge in [0.25, 0.3) is 10.0 Å². The van der Waals surface area contributed by atoms with E-state index in [0.29, 0.717) is 10.7 Å². The number of nitrogens with two attached hydrogens (primary N) is 2. The fourth-order valence-electron chi connectivity index (χ4n) is 1.16. The van der Waals surface area contributed by atoms with Gasteiger partial charge in [-0.25, -0.2) is 8.42 Å². The third-order valence-corrected chi connectivity index (χ3v) is 4.18. The fraction of sp³-hybridized carbons (Fsp3) is 0.111. The number of aryl methyl sites for hydroxylation is 1. The molecule has 1 atom stereocenters. The molecule has 0 fully saturated rings. The van der Waals surface area contributed by atoms with Gasteiger partial charge in [-0.1, -0.05) is 11.3 Å². The number of benzene rings is 1. The third kappa shape index (κ3) is 6.14. The lowest BCUT2D eigenvalue weighted by atomic mass is 10.3.